The first-order valence-electron chi connectivity index (χ1n) is 19.3. The smallest absolute Gasteiger partial charge is 0.305 e. The molecule has 0 aliphatic carbocycles. The van der Waals surface area contributed by atoms with E-state index >= 15 is 0 Å². The third kappa shape index (κ3) is 13.8. The van der Waals surface area contributed by atoms with E-state index < -0.39 is 91.9 Å². The molecule has 2 aliphatic heterocycles. The van der Waals surface area contributed by atoms with Gasteiger partial charge in [-0.15, -0.1) is 6.58 Å². The minimum atomic E-state index is -1.60. The van der Waals surface area contributed by atoms with Gasteiger partial charge < -0.3 is 52.1 Å². The lowest BCUT2D eigenvalue weighted by molar-refractivity contribution is -0.372. The highest BCUT2D eigenvalue weighted by Gasteiger charge is 2.56. The van der Waals surface area contributed by atoms with Crippen molar-refractivity contribution < 1.29 is 71.3 Å². The second kappa shape index (κ2) is 23.0. The van der Waals surface area contributed by atoms with E-state index in [1.54, 1.807) is 6.08 Å². The fourth-order valence-electron chi connectivity index (χ4n) is 6.70. The molecule has 2 saturated heterocycles. The zero-order valence-electron chi connectivity index (χ0n) is 33.6. The van der Waals surface area contributed by atoms with Gasteiger partial charge in [-0.05, 0) is 16.7 Å². The van der Waals surface area contributed by atoms with E-state index in [0.717, 1.165) is 37.5 Å². The average molecular weight is 821 g/mol. The van der Waals surface area contributed by atoms with Crippen molar-refractivity contribution in [1.82, 2.24) is 0 Å². The average Bonchev–Trinajstić information content (AvgIpc) is 3.21. The summed E-state index contributed by atoms with van der Waals surface area (Å²) in [4.78, 5) is 49.6. The third-order valence-corrected chi connectivity index (χ3v) is 9.18. The van der Waals surface area contributed by atoms with Gasteiger partial charge in [0.15, 0.2) is 24.6 Å². The van der Waals surface area contributed by atoms with E-state index in [1.165, 1.54) is 6.92 Å². The van der Waals surface area contributed by atoms with Crippen LogP contribution in [0, 0.1) is 0 Å². The largest absolute Gasteiger partial charge is 0.463 e. The quantitative estimate of drug-likeness (QED) is 0.0868. The number of ether oxygens (including phenoxy) is 11. The Hall–Kier alpha value is -5.00. The van der Waals surface area contributed by atoms with Gasteiger partial charge in [-0.1, -0.05) is 97.1 Å². The molecule has 59 heavy (non-hydrogen) atoms. The van der Waals surface area contributed by atoms with Crippen molar-refractivity contribution in [1.29, 1.82) is 0 Å². The van der Waals surface area contributed by atoms with Crippen LogP contribution in [0.4, 0.5) is 0 Å². The van der Waals surface area contributed by atoms with Gasteiger partial charge in [0.1, 0.15) is 37.1 Å². The second-order valence-electron chi connectivity index (χ2n) is 13.9. The van der Waals surface area contributed by atoms with Gasteiger partial charge in [0.25, 0.3) is 0 Å². The molecule has 0 N–H and O–H groups in total. The molecule has 2 fully saturated rings. The fraction of sp³-hybridized carbons (Fsp3) is 0.455. The Morgan fingerprint density at radius 3 is 1.54 bits per heavy atom. The lowest BCUT2D eigenvalue weighted by atomic mass is 9.96. The zero-order chi connectivity index (χ0) is 42.1. The molecule has 10 atom stereocenters. The van der Waals surface area contributed by atoms with Gasteiger partial charge in [0.05, 0.1) is 33.0 Å². The molecule has 2 aliphatic rings. The SMILES string of the molecule is C=CCO[C@H]1[C@@H](O[C@H]2[C@H](OC(C)=O)O[C@H](COC(C)=O)[C@@H](OC(C)=O)[C@@H]2OC(C)=O)O[C@H](COCc2ccccc2)[C@@H](OCc2ccccc2)[C@@H]1OCc1ccccc1. The van der Waals surface area contributed by atoms with Gasteiger partial charge in [-0.3, -0.25) is 19.2 Å². The summed E-state index contributed by atoms with van der Waals surface area (Å²) >= 11 is 0. The van der Waals surface area contributed by atoms with Crippen molar-refractivity contribution in [3.63, 3.8) is 0 Å². The first-order chi connectivity index (χ1) is 28.5. The molecule has 0 saturated carbocycles. The molecular formula is C44H52O15. The molecule has 5 rings (SSSR count). The molecule has 2 heterocycles. The normalized spacial score (nSPS) is 26.6. The molecule has 318 valence electrons. The minimum absolute atomic E-state index is 0.00393. The molecule has 0 amide bonds. The van der Waals surface area contributed by atoms with E-state index in [0.29, 0.717) is 0 Å². The Bertz CT molecular complexity index is 1770. The van der Waals surface area contributed by atoms with Gasteiger partial charge in [-0.25, -0.2) is 0 Å². The Morgan fingerprint density at radius 1 is 0.525 bits per heavy atom. The van der Waals surface area contributed by atoms with Gasteiger partial charge in [0, 0.05) is 27.7 Å². The van der Waals surface area contributed by atoms with Crippen LogP contribution in [0.1, 0.15) is 44.4 Å². The first kappa shape index (κ1) is 45.1. The topological polar surface area (TPSA) is 170 Å². The van der Waals surface area contributed by atoms with Crippen LogP contribution in [0.25, 0.3) is 0 Å². The molecule has 3 aromatic carbocycles. The van der Waals surface area contributed by atoms with Crippen LogP contribution in [-0.2, 0) is 91.1 Å². The highest BCUT2D eigenvalue weighted by atomic mass is 16.8. The van der Waals surface area contributed by atoms with Crippen LogP contribution in [0.5, 0.6) is 0 Å². The molecule has 0 spiro atoms. The molecule has 15 heteroatoms. The summed E-state index contributed by atoms with van der Waals surface area (Å²) in [7, 11) is 0. The summed E-state index contributed by atoms with van der Waals surface area (Å²) in [5.41, 5.74) is 2.69. The maximum Gasteiger partial charge on any atom is 0.305 e. The van der Waals surface area contributed by atoms with E-state index in [-0.39, 0.29) is 33.0 Å². The fourth-order valence-corrected chi connectivity index (χ4v) is 6.70. The van der Waals surface area contributed by atoms with E-state index in [2.05, 4.69) is 6.58 Å². The lowest BCUT2D eigenvalue weighted by Gasteiger charge is -2.49. The van der Waals surface area contributed by atoms with Crippen molar-refractivity contribution >= 4 is 23.9 Å². The molecule has 15 nitrogen and oxygen atoms in total. The van der Waals surface area contributed by atoms with Crippen LogP contribution < -0.4 is 0 Å². The van der Waals surface area contributed by atoms with Crippen LogP contribution in [0.3, 0.4) is 0 Å². The van der Waals surface area contributed by atoms with Crippen molar-refractivity contribution in [3.05, 3.63) is 120 Å². The second-order valence-corrected chi connectivity index (χ2v) is 13.9. The number of carbonyl (C=O) groups excluding carboxylic acids is 4. The Morgan fingerprint density at radius 2 is 1.02 bits per heavy atom. The molecule has 0 radical (unpaired) electrons. The van der Waals surface area contributed by atoms with E-state index in [1.807, 2.05) is 91.0 Å². The third-order valence-electron chi connectivity index (χ3n) is 9.18. The van der Waals surface area contributed by atoms with Crippen molar-refractivity contribution in [3.8, 4) is 0 Å². The predicted octanol–water partition coefficient (Wildman–Crippen LogP) is 4.77. The van der Waals surface area contributed by atoms with Crippen LogP contribution in [0.15, 0.2) is 104 Å². The summed E-state index contributed by atoms with van der Waals surface area (Å²) < 4.78 is 67.7. The number of esters is 4. The summed E-state index contributed by atoms with van der Waals surface area (Å²) in [6, 6.07) is 28.7. The highest BCUT2D eigenvalue weighted by molar-refractivity contribution is 5.68. The molecule has 0 aromatic heterocycles. The van der Waals surface area contributed by atoms with Crippen LogP contribution >= 0.6 is 0 Å². The number of benzene rings is 3. The number of hydrogen-bond acceptors (Lipinski definition) is 15. The Balaban J connectivity index is 1.56. The summed E-state index contributed by atoms with van der Waals surface area (Å²) in [6.45, 7) is 8.59. The first-order valence-corrected chi connectivity index (χ1v) is 19.3. The molecule has 0 bridgehead atoms. The summed E-state index contributed by atoms with van der Waals surface area (Å²) in [5, 5.41) is 0. The molecule has 0 unspecified atom stereocenters. The number of hydrogen-bond donors (Lipinski definition) is 0. The molecule has 3 aromatic rings. The number of carbonyl (C=O) groups is 4. The predicted molar refractivity (Wildman–Crippen MR) is 208 cm³/mol. The maximum atomic E-state index is 12.7. The van der Waals surface area contributed by atoms with Crippen LogP contribution in [0.2, 0.25) is 0 Å². The lowest BCUT2D eigenvalue weighted by Crippen LogP contribution is -2.67. The minimum Gasteiger partial charge on any atom is -0.463 e. The van der Waals surface area contributed by atoms with E-state index in [4.69, 9.17) is 52.1 Å². The van der Waals surface area contributed by atoms with Crippen molar-refractivity contribution in [2.24, 2.45) is 0 Å². The van der Waals surface area contributed by atoms with Crippen molar-refractivity contribution in [2.75, 3.05) is 19.8 Å². The maximum absolute atomic E-state index is 12.7. The monoisotopic (exact) mass is 820 g/mol. The Labute approximate surface area is 343 Å². The van der Waals surface area contributed by atoms with Gasteiger partial charge in [0.2, 0.25) is 6.29 Å². The summed E-state index contributed by atoms with van der Waals surface area (Å²) in [6.07, 6.45) is -10.8. The number of rotatable bonds is 20. The standard InChI is InChI=1S/C44H52O15/c1-6-22-50-41-39(53-25-34-20-14-9-15-21-34)37(52-24-33-18-12-8-13-19-33)35(26-49-23-32-16-10-7-11-17-32)57-43(41)59-42-40(55-30(4)47)38(54-29(3)46)36(27-51-28(2)45)58-44(42)56-31(5)48/h6-21,35-44H,1,22-27H2,2-5H3/t35-,36-,37-,38-,39+,40+,41-,42-,43-,44-/m1/s1. The zero-order valence-corrected chi connectivity index (χ0v) is 33.6. The summed E-state index contributed by atoms with van der Waals surface area (Å²) in [5.74, 6) is -2.99. The van der Waals surface area contributed by atoms with Gasteiger partial charge in [-0.2, -0.15) is 0 Å². The Kier molecular flexibility index (Phi) is 17.5. The highest BCUT2D eigenvalue weighted by Crippen LogP contribution is 2.36. The van der Waals surface area contributed by atoms with Gasteiger partial charge >= 0.3 is 23.9 Å². The van der Waals surface area contributed by atoms with E-state index in [9.17, 15) is 19.2 Å². The molecular weight excluding hydrogens is 768 g/mol. The van der Waals surface area contributed by atoms with Crippen LogP contribution in [-0.4, -0.2) is 105 Å². The van der Waals surface area contributed by atoms with Crippen molar-refractivity contribution in [2.45, 2.75) is 109 Å².